The van der Waals surface area contributed by atoms with Gasteiger partial charge in [0.25, 0.3) is 0 Å². The molecule has 0 atom stereocenters. The summed E-state index contributed by atoms with van der Waals surface area (Å²) in [6, 6.07) is 10.8. The SMILES string of the molecule is COc1ccc(-n2c(SCc3nnc(C)o3)nnc2-c2cc(Cl)ccc2OC)cc1Cl. The zero-order chi connectivity index (χ0) is 22.0. The third-order valence-corrected chi connectivity index (χ3v) is 5.77. The summed E-state index contributed by atoms with van der Waals surface area (Å²) in [5, 5.41) is 18.3. The van der Waals surface area contributed by atoms with E-state index in [1.54, 1.807) is 51.5 Å². The molecular weight excluding hydrogens is 461 g/mol. The number of aryl methyl sites for hydroxylation is 1. The Balaban J connectivity index is 1.83. The van der Waals surface area contributed by atoms with E-state index in [0.29, 0.717) is 55.6 Å². The maximum absolute atomic E-state index is 6.39. The Labute approximate surface area is 192 Å². The second-order valence-corrected chi connectivity index (χ2v) is 8.09. The van der Waals surface area contributed by atoms with Gasteiger partial charge < -0.3 is 13.9 Å². The highest BCUT2D eigenvalue weighted by Gasteiger charge is 2.21. The van der Waals surface area contributed by atoms with Crippen LogP contribution in [0.25, 0.3) is 17.1 Å². The summed E-state index contributed by atoms with van der Waals surface area (Å²) in [7, 11) is 3.15. The van der Waals surface area contributed by atoms with Crippen molar-refractivity contribution in [3.05, 3.63) is 58.2 Å². The van der Waals surface area contributed by atoms with Crippen LogP contribution in [-0.2, 0) is 5.75 Å². The topological polar surface area (TPSA) is 88.1 Å². The van der Waals surface area contributed by atoms with E-state index >= 15 is 0 Å². The van der Waals surface area contributed by atoms with E-state index in [4.69, 9.17) is 37.1 Å². The summed E-state index contributed by atoms with van der Waals surface area (Å²) in [5.41, 5.74) is 1.44. The Kier molecular flexibility index (Phi) is 6.35. The molecule has 4 rings (SSSR count). The average molecular weight is 478 g/mol. The number of ether oxygens (including phenoxy) is 2. The molecule has 11 heteroatoms. The van der Waals surface area contributed by atoms with Crippen molar-refractivity contribution in [1.82, 2.24) is 25.0 Å². The maximum atomic E-state index is 6.39. The fourth-order valence-electron chi connectivity index (χ4n) is 2.94. The van der Waals surface area contributed by atoms with Crippen LogP contribution in [0.3, 0.4) is 0 Å². The first-order valence-corrected chi connectivity index (χ1v) is 10.8. The van der Waals surface area contributed by atoms with Crippen LogP contribution in [0.2, 0.25) is 10.0 Å². The first-order valence-electron chi connectivity index (χ1n) is 9.05. The van der Waals surface area contributed by atoms with Crippen LogP contribution in [-0.4, -0.2) is 39.2 Å². The largest absolute Gasteiger partial charge is 0.496 e. The Morgan fingerprint density at radius 3 is 2.42 bits per heavy atom. The van der Waals surface area contributed by atoms with Gasteiger partial charge in [-0.15, -0.1) is 20.4 Å². The van der Waals surface area contributed by atoms with Crippen molar-refractivity contribution in [2.45, 2.75) is 17.8 Å². The monoisotopic (exact) mass is 477 g/mol. The summed E-state index contributed by atoms with van der Waals surface area (Å²) in [5.74, 6) is 3.15. The Hall–Kier alpha value is -2.75. The van der Waals surface area contributed by atoms with Gasteiger partial charge in [-0.2, -0.15) is 0 Å². The first-order chi connectivity index (χ1) is 15.0. The summed E-state index contributed by atoms with van der Waals surface area (Å²) in [6.45, 7) is 1.74. The third-order valence-electron chi connectivity index (χ3n) is 4.32. The predicted octanol–water partition coefficient (Wildman–Crippen LogP) is 5.24. The highest BCUT2D eigenvalue weighted by molar-refractivity contribution is 7.98. The Morgan fingerprint density at radius 2 is 1.74 bits per heavy atom. The van der Waals surface area contributed by atoms with Crippen LogP contribution < -0.4 is 9.47 Å². The highest BCUT2D eigenvalue weighted by atomic mass is 35.5. The minimum atomic E-state index is 0.426. The molecule has 0 aliphatic rings. The number of nitrogens with zero attached hydrogens (tertiary/aromatic N) is 5. The van der Waals surface area contributed by atoms with Crippen molar-refractivity contribution in [2.24, 2.45) is 0 Å². The molecule has 0 fully saturated rings. The van der Waals surface area contributed by atoms with E-state index in [1.807, 2.05) is 10.6 Å². The second-order valence-electron chi connectivity index (χ2n) is 6.31. The molecule has 0 radical (unpaired) electrons. The molecule has 0 saturated heterocycles. The lowest BCUT2D eigenvalue weighted by Crippen LogP contribution is -2.01. The number of aromatic nitrogens is 5. The number of methoxy groups -OCH3 is 2. The lowest BCUT2D eigenvalue weighted by molar-refractivity contribution is 0.415. The van der Waals surface area contributed by atoms with Gasteiger partial charge in [0.2, 0.25) is 11.8 Å². The lowest BCUT2D eigenvalue weighted by atomic mass is 10.2. The molecule has 0 unspecified atom stereocenters. The molecule has 2 aromatic heterocycles. The molecule has 0 aliphatic carbocycles. The van der Waals surface area contributed by atoms with Gasteiger partial charge in [-0.1, -0.05) is 35.0 Å². The summed E-state index contributed by atoms with van der Waals surface area (Å²) >= 11 is 14.0. The molecule has 8 nitrogen and oxygen atoms in total. The molecule has 0 N–H and O–H groups in total. The molecule has 0 bridgehead atoms. The molecule has 4 aromatic rings. The Bertz CT molecular complexity index is 1230. The van der Waals surface area contributed by atoms with Crippen molar-refractivity contribution in [3.63, 3.8) is 0 Å². The van der Waals surface area contributed by atoms with E-state index in [1.165, 1.54) is 11.8 Å². The molecule has 2 aromatic carbocycles. The standard InChI is InChI=1S/C20H17Cl2N5O3S/c1-11-23-24-18(30-11)10-31-20-26-25-19(14-8-12(21)4-6-16(14)28-2)27(20)13-5-7-17(29-3)15(22)9-13/h4-9H,10H2,1-3H3. The van der Waals surface area contributed by atoms with Crippen LogP contribution in [0.15, 0.2) is 46.0 Å². The molecule has 0 amide bonds. The first kappa shape index (κ1) is 21.5. The van der Waals surface area contributed by atoms with E-state index in [0.717, 1.165) is 5.69 Å². The van der Waals surface area contributed by atoms with E-state index in [2.05, 4.69) is 20.4 Å². The van der Waals surface area contributed by atoms with Crippen LogP contribution >= 0.6 is 35.0 Å². The molecule has 160 valence electrons. The lowest BCUT2D eigenvalue weighted by Gasteiger charge is -2.14. The predicted molar refractivity (Wildman–Crippen MR) is 119 cm³/mol. The summed E-state index contributed by atoms with van der Waals surface area (Å²) in [4.78, 5) is 0. The van der Waals surface area contributed by atoms with Crippen molar-refractivity contribution in [3.8, 4) is 28.6 Å². The molecule has 31 heavy (non-hydrogen) atoms. The maximum Gasteiger partial charge on any atom is 0.226 e. The molecular formula is C20H17Cl2N5O3S. The number of thioether (sulfide) groups is 1. The minimum absolute atomic E-state index is 0.426. The minimum Gasteiger partial charge on any atom is -0.496 e. The number of benzene rings is 2. The van der Waals surface area contributed by atoms with Crippen LogP contribution in [0.5, 0.6) is 11.5 Å². The van der Waals surface area contributed by atoms with Crippen molar-refractivity contribution in [2.75, 3.05) is 14.2 Å². The number of hydrogen-bond acceptors (Lipinski definition) is 8. The normalized spacial score (nSPS) is 11.0. The van der Waals surface area contributed by atoms with Gasteiger partial charge >= 0.3 is 0 Å². The van der Waals surface area contributed by atoms with Gasteiger partial charge in [0.15, 0.2) is 11.0 Å². The summed E-state index contributed by atoms with van der Waals surface area (Å²) in [6.07, 6.45) is 0. The van der Waals surface area contributed by atoms with Crippen LogP contribution in [0.4, 0.5) is 0 Å². The van der Waals surface area contributed by atoms with Gasteiger partial charge in [-0.25, -0.2) is 0 Å². The summed E-state index contributed by atoms with van der Waals surface area (Å²) < 4.78 is 18.1. The van der Waals surface area contributed by atoms with Crippen LogP contribution in [0.1, 0.15) is 11.8 Å². The van der Waals surface area contributed by atoms with Gasteiger partial charge in [-0.3, -0.25) is 4.57 Å². The molecule has 0 aliphatic heterocycles. The van der Waals surface area contributed by atoms with Gasteiger partial charge in [-0.05, 0) is 36.4 Å². The van der Waals surface area contributed by atoms with Gasteiger partial charge in [0.05, 0.1) is 36.2 Å². The quantitative estimate of drug-likeness (QED) is 0.333. The van der Waals surface area contributed by atoms with Gasteiger partial charge in [0.1, 0.15) is 11.5 Å². The number of rotatable bonds is 7. The second kappa shape index (κ2) is 9.17. The highest BCUT2D eigenvalue weighted by Crippen LogP contribution is 2.37. The molecule has 0 saturated carbocycles. The smallest absolute Gasteiger partial charge is 0.226 e. The fraction of sp³-hybridized carbons (Fsp3) is 0.200. The molecule has 2 heterocycles. The number of hydrogen-bond donors (Lipinski definition) is 0. The zero-order valence-corrected chi connectivity index (χ0v) is 19.1. The zero-order valence-electron chi connectivity index (χ0n) is 16.8. The Morgan fingerprint density at radius 1 is 0.968 bits per heavy atom. The van der Waals surface area contributed by atoms with Crippen molar-refractivity contribution >= 4 is 35.0 Å². The average Bonchev–Trinajstić information content (AvgIpc) is 3.38. The third kappa shape index (κ3) is 4.48. The molecule has 0 spiro atoms. The van der Waals surface area contributed by atoms with E-state index in [-0.39, 0.29) is 0 Å². The number of halogens is 2. The van der Waals surface area contributed by atoms with E-state index in [9.17, 15) is 0 Å². The van der Waals surface area contributed by atoms with Crippen molar-refractivity contribution < 1.29 is 13.9 Å². The van der Waals surface area contributed by atoms with E-state index < -0.39 is 0 Å². The van der Waals surface area contributed by atoms with Crippen molar-refractivity contribution in [1.29, 1.82) is 0 Å². The van der Waals surface area contributed by atoms with Crippen LogP contribution in [0, 0.1) is 6.92 Å². The fourth-order valence-corrected chi connectivity index (χ4v) is 4.15. The van der Waals surface area contributed by atoms with Gasteiger partial charge in [0, 0.05) is 11.9 Å².